The van der Waals surface area contributed by atoms with E-state index in [1.165, 1.54) is 0 Å². The van der Waals surface area contributed by atoms with Gasteiger partial charge in [-0.1, -0.05) is 13.3 Å². The van der Waals surface area contributed by atoms with Crippen LogP contribution in [0.15, 0.2) is 11.0 Å². The van der Waals surface area contributed by atoms with Crippen LogP contribution in [0.1, 0.15) is 25.8 Å². The summed E-state index contributed by atoms with van der Waals surface area (Å²) in [6.45, 7) is 4.75. The molecule has 0 aromatic carbocycles. The lowest BCUT2D eigenvalue weighted by Crippen LogP contribution is -2.17. The number of aromatic nitrogens is 2. The second kappa shape index (κ2) is 3.42. The molecule has 62 valence electrons. The van der Waals surface area contributed by atoms with Gasteiger partial charge in [0.2, 0.25) is 0 Å². The lowest BCUT2D eigenvalue weighted by Gasteiger charge is -1.91. The summed E-state index contributed by atoms with van der Waals surface area (Å²) >= 11 is 0. The smallest absolute Gasteiger partial charge is 0.269 e. The number of aryl methyl sites for hydroxylation is 2. The molecule has 1 rings (SSSR count). The molecule has 0 aliphatic rings. The number of nitrogens with one attached hydrogen (secondary N) is 1. The summed E-state index contributed by atoms with van der Waals surface area (Å²) in [5.41, 5.74) is 1.03. The fourth-order valence-electron chi connectivity index (χ4n) is 1.13. The van der Waals surface area contributed by atoms with E-state index >= 15 is 0 Å². The van der Waals surface area contributed by atoms with E-state index in [2.05, 4.69) is 12.0 Å². The van der Waals surface area contributed by atoms with Crippen molar-refractivity contribution in [1.82, 2.24) is 9.78 Å². The molecule has 0 amide bonds. The summed E-state index contributed by atoms with van der Waals surface area (Å²) in [6.07, 6.45) is 3.70. The third-order valence-electron chi connectivity index (χ3n) is 1.75. The molecular formula is C8H14N2O. The Morgan fingerprint density at radius 1 is 1.55 bits per heavy atom. The molecular weight excluding hydrogens is 140 g/mol. The van der Waals surface area contributed by atoms with Crippen LogP contribution in [-0.2, 0) is 13.0 Å². The highest BCUT2D eigenvalue weighted by molar-refractivity contribution is 5.04. The maximum Gasteiger partial charge on any atom is 0.269 e. The van der Waals surface area contributed by atoms with Gasteiger partial charge in [0.05, 0.1) is 0 Å². The van der Waals surface area contributed by atoms with E-state index in [-0.39, 0.29) is 5.56 Å². The second-order valence-electron chi connectivity index (χ2n) is 2.60. The van der Waals surface area contributed by atoms with Crippen molar-refractivity contribution in [3.63, 3.8) is 0 Å². The minimum Gasteiger partial charge on any atom is -0.303 e. The van der Waals surface area contributed by atoms with E-state index in [4.69, 9.17) is 0 Å². The van der Waals surface area contributed by atoms with Crippen LogP contribution in [0.2, 0.25) is 0 Å². The van der Waals surface area contributed by atoms with Crippen LogP contribution in [0.3, 0.4) is 0 Å². The number of hydrogen-bond acceptors (Lipinski definition) is 1. The third-order valence-corrected chi connectivity index (χ3v) is 1.75. The maximum absolute atomic E-state index is 11.3. The van der Waals surface area contributed by atoms with Crippen LogP contribution >= 0.6 is 0 Å². The standard InChI is InChI=1S/C8H14N2O/c1-3-5-7-6-9-10(4-2)8(7)11/h6,9H,3-5H2,1-2H3. The molecule has 11 heavy (non-hydrogen) atoms. The predicted molar refractivity (Wildman–Crippen MR) is 44.7 cm³/mol. The average molecular weight is 154 g/mol. The Bertz CT molecular complexity index is 272. The SMILES string of the molecule is CCCc1c[nH]n(CC)c1=O. The van der Waals surface area contributed by atoms with Crippen molar-refractivity contribution in [2.24, 2.45) is 0 Å². The minimum atomic E-state index is 0.134. The van der Waals surface area contributed by atoms with Gasteiger partial charge in [0.1, 0.15) is 0 Å². The van der Waals surface area contributed by atoms with Gasteiger partial charge in [0.15, 0.2) is 0 Å². The Hall–Kier alpha value is -0.990. The third kappa shape index (κ3) is 1.53. The van der Waals surface area contributed by atoms with E-state index in [0.29, 0.717) is 0 Å². The summed E-state index contributed by atoms with van der Waals surface area (Å²) < 4.78 is 1.62. The number of nitrogens with zero attached hydrogens (tertiary/aromatic N) is 1. The molecule has 3 nitrogen and oxygen atoms in total. The van der Waals surface area contributed by atoms with Crippen molar-refractivity contribution < 1.29 is 0 Å². The van der Waals surface area contributed by atoms with Crippen molar-refractivity contribution >= 4 is 0 Å². The van der Waals surface area contributed by atoms with Crippen LogP contribution in [0.5, 0.6) is 0 Å². The summed E-state index contributed by atoms with van der Waals surface area (Å²) in [5, 5.41) is 2.91. The van der Waals surface area contributed by atoms with Crippen molar-refractivity contribution in [2.75, 3.05) is 0 Å². The average Bonchev–Trinajstić information content (AvgIpc) is 2.34. The Kier molecular flexibility index (Phi) is 2.52. The van der Waals surface area contributed by atoms with Gasteiger partial charge in [-0.25, -0.2) is 0 Å². The van der Waals surface area contributed by atoms with Crippen LogP contribution in [0, 0.1) is 0 Å². The highest BCUT2D eigenvalue weighted by Crippen LogP contribution is 1.93. The lowest BCUT2D eigenvalue weighted by molar-refractivity contribution is 0.636. The van der Waals surface area contributed by atoms with E-state index < -0.39 is 0 Å². The second-order valence-corrected chi connectivity index (χ2v) is 2.60. The molecule has 0 fully saturated rings. The Morgan fingerprint density at radius 3 is 2.73 bits per heavy atom. The molecule has 1 heterocycles. The van der Waals surface area contributed by atoms with Crippen LogP contribution in [0.4, 0.5) is 0 Å². The Morgan fingerprint density at radius 2 is 2.27 bits per heavy atom. The maximum atomic E-state index is 11.3. The largest absolute Gasteiger partial charge is 0.303 e. The highest BCUT2D eigenvalue weighted by Gasteiger charge is 2.01. The first kappa shape index (κ1) is 8.11. The molecule has 0 spiro atoms. The fraction of sp³-hybridized carbons (Fsp3) is 0.625. The van der Waals surface area contributed by atoms with Crippen LogP contribution in [-0.4, -0.2) is 9.78 Å². The normalized spacial score (nSPS) is 10.4. The molecule has 0 aliphatic carbocycles. The first-order valence-corrected chi connectivity index (χ1v) is 4.06. The summed E-state index contributed by atoms with van der Waals surface area (Å²) in [4.78, 5) is 11.3. The molecule has 0 aliphatic heterocycles. The molecule has 1 N–H and O–H groups in total. The first-order chi connectivity index (χ1) is 5.29. The Labute approximate surface area is 66.0 Å². The lowest BCUT2D eigenvalue weighted by atomic mass is 10.2. The van der Waals surface area contributed by atoms with Gasteiger partial charge in [-0.15, -0.1) is 0 Å². The Balaban J connectivity index is 2.92. The van der Waals surface area contributed by atoms with Gasteiger partial charge in [-0.05, 0) is 13.3 Å². The number of aromatic amines is 1. The van der Waals surface area contributed by atoms with Crippen LogP contribution < -0.4 is 5.56 Å². The summed E-state index contributed by atoms with van der Waals surface area (Å²) in [7, 11) is 0. The fourth-order valence-corrected chi connectivity index (χ4v) is 1.13. The molecule has 3 heteroatoms. The van der Waals surface area contributed by atoms with Crippen molar-refractivity contribution in [2.45, 2.75) is 33.2 Å². The van der Waals surface area contributed by atoms with Crippen molar-refractivity contribution in [3.05, 3.63) is 22.1 Å². The zero-order chi connectivity index (χ0) is 8.27. The number of rotatable bonds is 3. The molecule has 0 bridgehead atoms. The molecule has 0 atom stereocenters. The first-order valence-electron chi connectivity index (χ1n) is 4.06. The van der Waals surface area contributed by atoms with Crippen molar-refractivity contribution in [1.29, 1.82) is 0 Å². The summed E-state index contributed by atoms with van der Waals surface area (Å²) in [5.74, 6) is 0. The van der Waals surface area contributed by atoms with Gasteiger partial charge in [-0.2, -0.15) is 0 Å². The molecule has 1 aromatic heterocycles. The van der Waals surface area contributed by atoms with Gasteiger partial charge in [0, 0.05) is 18.3 Å². The monoisotopic (exact) mass is 154 g/mol. The zero-order valence-electron chi connectivity index (χ0n) is 7.05. The molecule has 0 radical (unpaired) electrons. The minimum absolute atomic E-state index is 0.134. The summed E-state index contributed by atoms with van der Waals surface area (Å²) in [6, 6.07) is 0. The van der Waals surface area contributed by atoms with Gasteiger partial charge in [-0.3, -0.25) is 9.48 Å². The van der Waals surface area contributed by atoms with Gasteiger partial charge >= 0.3 is 0 Å². The topological polar surface area (TPSA) is 37.8 Å². The quantitative estimate of drug-likeness (QED) is 0.696. The van der Waals surface area contributed by atoms with Gasteiger partial charge < -0.3 is 5.10 Å². The van der Waals surface area contributed by atoms with E-state index in [1.54, 1.807) is 10.9 Å². The number of hydrogen-bond donors (Lipinski definition) is 1. The zero-order valence-corrected chi connectivity index (χ0v) is 7.05. The molecule has 0 saturated carbocycles. The van der Waals surface area contributed by atoms with Gasteiger partial charge in [0.25, 0.3) is 5.56 Å². The van der Waals surface area contributed by atoms with Crippen LogP contribution in [0.25, 0.3) is 0 Å². The molecule has 1 aromatic rings. The molecule has 0 unspecified atom stereocenters. The van der Waals surface area contributed by atoms with E-state index in [1.807, 2.05) is 6.92 Å². The van der Waals surface area contributed by atoms with E-state index in [9.17, 15) is 4.79 Å². The highest BCUT2D eigenvalue weighted by atomic mass is 16.1. The van der Waals surface area contributed by atoms with Crippen molar-refractivity contribution in [3.8, 4) is 0 Å². The predicted octanol–water partition coefficient (Wildman–Crippen LogP) is 1.15. The molecule has 0 saturated heterocycles. The van der Waals surface area contributed by atoms with E-state index in [0.717, 1.165) is 24.9 Å². The number of H-pyrrole nitrogens is 1.